The molecule has 0 fully saturated rings. The van der Waals surface area contributed by atoms with Crippen LogP contribution in [0.5, 0.6) is 0 Å². The van der Waals surface area contributed by atoms with E-state index >= 15 is 0 Å². The van der Waals surface area contributed by atoms with Gasteiger partial charge in [-0.05, 0) is 32.0 Å². The molecule has 0 saturated heterocycles. The number of aryl methyl sites for hydroxylation is 2. The zero-order valence-corrected chi connectivity index (χ0v) is 15.3. The van der Waals surface area contributed by atoms with Gasteiger partial charge in [-0.3, -0.25) is 4.79 Å². The molecule has 0 amide bonds. The first-order valence-corrected chi connectivity index (χ1v) is 8.66. The number of benzene rings is 1. The molecular formula is C19H16N2O4S. The first kappa shape index (κ1) is 17.8. The van der Waals surface area contributed by atoms with E-state index in [9.17, 15) is 14.9 Å². The minimum atomic E-state index is -0.647. The predicted octanol–water partition coefficient (Wildman–Crippen LogP) is 3.60. The Balaban J connectivity index is 1.76. The van der Waals surface area contributed by atoms with E-state index in [1.165, 1.54) is 11.8 Å². The third kappa shape index (κ3) is 3.24. The summed E-state index contributed by atoms with van der Waals surface area (Å²) in [7, 11) is 1.79. The maximum atomic E-state index is 12.5. The molecule has 1 aromatic heterocycles. The van der Waals surface area contributed by atoms with Crippen LogP contribution in [0.3, 0.4) is 0 Å². The summed E-state index contributed by atoms with van der Waals surface area (Å²) in [5.74, 6) is -0.172. The molecule has 0 saturated carbocycles. The molecule has 0 N–H and O–H groups in total. The van der Waals surface area contributed by atoms with Crippen LogP contribution in [0.4, 0.5) is 5.69 Å². The van der Waals surface area contributed by atoms with Crippen molar-refractivity contribution in [2.45, 2.75) is 18.7 Å². The Morgan fingerprint density at radius 2 is 2.04 bits per heavy atom. The molecule has 26 heavy (non-hydrogen) atoms. The van der Waals surface area contributed by atoms with Gasteiger partial charge >= 0.3 is 5.97 Å². The molecule has 0 spiro atoms. The number of carbonyl (C=O) groups is 2. The lowest BCUT2D eigenvalue weighted by molar-refractivity contribution is -0.118. The largest absolute Gasteiger partial charge is 0.466 e. The number of furan rings is 1. The molecule has 1 aromatic carbocycles. The normalized spacial score (nSPS) is 14.6. The molecule has 132 valence electrons. The maximum absolute atomic E-state index is 12.5. The van der Waals surface area contributed by atoms with Gasteiger partial charge in [-0.25, -0.2) is 4.79 Å². The lowest BCUT2D eigenvalue weighted by Crippen LogP contribution is -2.20. The number of carbonyl (C=O) groups excluding carboxylic acids is 2. The van der Waals surface area contributed by atoms with E-state index in [1.54, 1.807) is 31.9 Å². The monoisotopic (exact) mass is 368 g/mol. The van der Waals surface area contributed by atoms with Gasteiger partial charge < -0.3 is 14.1 Å². The minimum Gasteiger partial charge on any atom is -0.466 e. The number of nitrogens with zero attached hydrogens (tertiary/aromatic N) is 2. The Hall–Kier alpha value is -2.98. The third-order valence-electron chi connectivity index (χ3n) is 3.94. The van der Waals surface area contributed by atoms with E-state index in [2.05, 4.69) is 0 Å². The predicted molar refractivity (Wildman–Crippen MR) is 96.8 cm³/mol. The Kier molecular flexibility index (Phi) is 4.87. The first-order valence-electron chi connectivity index (χ1n) is 7.84. The van der Waals surface area contributed by atoms with Gasteiger partial charge in [0.25, 0.3) is 0 Å². The number of fused-ring (bicyclic) bond motifs is 1. The van der Waals surface area contributed by atoms with E-state index in [4.69, 9.17) is 9.15 Å². The van der Waals surface area contributed by atoms with Crippen LogP contribution >= 0.6 is 11.8 Å². The van der Waals surface area contributed by atoms with Gasteiger partial charge in [0.15, 0.2) is 6.61 Å². The van der Waals surface area contributed by atoms with E-state index in [0.717, 1.165) is 10.6 Å². The molecular weight excluding hydrogens is 352 g/mol. The number of esters is 1. The van der Waals surface area contributed by atoms with Crippen LogP contribution in [0.15, 0.2) is 50.2 Å². The van der Waals surface area contributed by atoms with Crippen LogP contribution in [0, 0.1) is 25.2 Å². The molecule has 1 aliphatic heterocycles. The summed E-state index contributed by atoms with van der Waals surface area (Å²) >= 11 is 1.35. The fourth-order valence-corrected chi connectivity index (χ4v) is 3.83. The van der Waals surface area contributed by atoms with E-state index in [1.807, 2.05) is 30.3 Å². The van der Waals surface area contributed by atoms with Gasteiger partial charge in [0.05, 0.1) is 5.69 Å². The lowest BCUT2D eigenvalue weighted by Gasteiger charge is -2.14. The molecule has 2 heterocycles. The number of hydrogen-bond acceptors (Lipinski definition) is 7. The van der Waals surface area contributed by atoms with E-state index in [-0.39, 0.29) is 11.1 Å². The molecule has 6 nitrogen and oxygen atoms in total. The average molecular weight is 368 g/mol. The van der Waals surface area contributed by atoms with Gasteiger partial charge in [0.2, 0.25) is 5.78 Å². The van der Waals surface area contributed by atoms with Gasteiger partial charge in [-0.1, -0.05) is 23.9 Å². The van der Waals surface area contributed by atoms with Gasteiger partial charge in [0.1, 0.15) is 33.8 Å². The summed E-state index contributed by atoms with van der Waals surface area (Å²) in [6.45, 7) is 2.87. The molecule has 0 bridgehead atoms. The number of Topliss-reactive ketones (excluding diaryl/α,β-unsaturated/α-hetero) is 1. The number of nitriles is 1. The van der Waals surface area contributed by atoms with Crippen molar-refractivity contribution in [2.24, 2.45) is 0 Å². The zero-order valence-electron chi connectivity index (χ0n) is 14.5. The molecule has 3 rings (SSSR count). The van der Waals surface area contributed by atoms with Crippen molar-refractivity contribution in [3.8, 4) is 6.07 Å². The van der Waals surface area contributed by atoms with Crippen LogP contribution in [-0.2, 0) is 9.53 Å². The SMILES string of the molecule is Cc1cc(C(=O)OCC(=O)C(C#N)=C2Sc3ccccc3N2C)c(C)o1. The van der Waals surface area contributed by atoms with Gasteiger partial charge in [0, 0.05) is 11.9 Å². The summed E-state index contributed by atoms with van der Waals surface area (Å²) < 4.78 is 10.4. The number of ether oxygens (including phenoxy) is 1. The highest BCUT2D eigenvalue weighted by Gasteiger charge is 2.28. The number of rotatable bonds is 4. The molecule has 0 unspecified atom stereocenters. The minimum absolute atomic E-state index is 0.0263. The van der Waals surface area contributed by atoms with Crippen LogP contribution in [0.25, 0.3) is 0 Å². The van der Waals surface area contributed by atoms with E-state index in [0.29, 0.717) is 16.5 Å². The van der Waals surface area contributed by atoms with Crippen molar-refractivity contribution in [2.75, 3.05) is 18.6 Å². The molecule has 2 aromatic rings. The van der Waals surface area contributed by atoms with Crippen LogP contribution < -0.4 is 4.90 Å². The van der Waals surface area contributed by atoms with Crippen LogP contribution in [-0.4, -0.2) is 25.4 Å². The summed E-state index contributed by atoms with van der Waals surface area (Å²) in [4.78, 5) is 27.3. The van der Waals surface area contributed by atoms with Crippen molar-refractivity contribution in [3.05, 3.63) is 58.0 Å². The average Bonchev–Trinajstić information content (AvgIpc) is 3.13. The number of anilines is 1. The Morgan fingerprint density at radius 3 is 2.65 bits per heavy atom. The highest BCUT2D eigenvalue weighted by molar-refractivity contribution is 8.03. The van der Waals surface area contributed by atoms with Crippen molar-refractivity contribution in [3.63, 3.8) is 0 Å². The number of hydrogen-bond donors (Lipinski definition) is 0. The van der Waals surface area contributed by atoms with Crippen molar-refractivity contribution < 1.29 is 18.7 Å². The highest BCUT2D eigenvalue weighted by atomic mass is 32.2. The van der Waals surface area contributed by atoms with Crippen molar-refractivity contribution >= 4 is 29.2 Å². The second-order valence-electron chi connectivity index (χ2n) is 5.75. The second kappa shape index (κ2) is 7.10. The third-order valence-corrected chi connectivity index (χ3v) is 5.17. The maximum Gasteiger partial charge on any atom is 0.342 e. The number of para-hydroxylation sites is 1. The fraction of sp³-hybridized carbons (Fsp3) is 0.211. The molecule has 1 aliphatic rings. The Labute approximate surface area is 155 Å². The van der Waals surface area contributed by atoms with Crippen molar-refractivity contribution in [1.82, 2.24) is 0 Å². The molecule has 0 atom stereocenters. The Bertz CT molecular complexity index is 968. The van der Waals surface area contributed by atoms with Crippen molar-refractivity contribution in [1.29, 1.82) is 5.26 Å². The molecule has 0 aliphatic carbocycles. The quantitative estimate of drug-likeness (QED) is 0.463. The second-order valence-corrected chi connectivity index (χ2v) is 6.78. The fourth-order valence-electron chi connectivity index (χ4n) is 2.67. The first-order chi connectivity index (χ1) is 12.4. The number of thioether (sulfide) groups is 1. The Morgan fingerprint density at radius 1 is 1.31 bits per heavy atom. The number of ketones is 1. The smallest absolute Gasteiger partial charge is 0.342 e. The zero-order chi connectivity index (χ0) is 18.8. The molecule has 7 heteroatoms. The molecule has 0 radical (unpaired) electrons. The van der Waals surface area contributed by atoms with Gasteiger partial charge in [-0.2, -0.15) is 5.26 Å². The summed E-state index contributed by atoms with van der Waals surface area (Å²) in [6.07, 6.45) is 0. The summed E-state index contributed by atoms with van der Waals surface area (Å²) in [6, 6.07) is 11.1. The topological polar surface area (TPSA) is 83.5 Å². The summed E-state index contributed by atoms with van der Waals surface area (Å²) in [5, 5.41) is 9.99. The standard InChI is InChI=1S/C19H16N2O4S/c1-11-8-13(12(2)25-11)19(23)24-10-16(22)14(9-20)18-21(3)15-6-4-5-7-17(15)26-18/h4-8H,10H2,1-3H3. The highest BCUT2D eigenvalue weighted by Crippen LogP contribution is 2.46. The lowest BCUT2D eigenvalue weighted by atomic mass is 10.2. The summed E-state index contributed by atoms with van der Waals surface area (Å²) in [5.41, 5.74) is 1.18. The van der Waals surface area contributed by atoms with Gasteiger partial charge in [-0.15, -0.1) is 0 Å². The van der Waals surface area contributed by atoms with Crippen LogP contribution in [0.2, 0.25) is 0 Å². The van der Waals surface area contributed by atoms with E-state index < -0.39 is 18.4 Å². The van der Waals surface area contributed by atoms with Crippen LogP contribution in [0.1, 0.15) is 21.9 Å².